The molecule has 2 atom stereocenters. The van der Waals surface area contributed by atoms with Crippen LogP contribution in [0.5, 0.6) is 0 Å². The van der Waals surface area contributed by atoms with Crippen LogP contribution in [0.15, 0.2) is 40.3 Å². The number of fused-ring (bicyclic) bond motifs is 4. The summed E-state index contributed by atoms with van der Waals surface area (Å²) < 4.78 is 22.0. The first-order valence-electron chi connectivity index (χ1n) is 7.34. The number of esters is 4. The number of hydrogen-bond donors (Lipinski definition) is 0. The molecule has 128 valence electrons. The first-order valence-corrected chi connectivity index (χ1v) is 8.49. The number of carbonyl (C=O) groups is 5. The quantitative estimate of drug-likeness (QED) is 0.371. The third-order valence-corrected chi connectivity index (χ3v) is 6.09. The lowest BCUT2D eigenvalue weighted by Crippen LogP contribution is -2.29. The lowest BCUT2D eigenvalue weighted by Gasteiger charge is -2.33. The van der Waals surface area contributed by atoms with Crippen molar-refractivity contribution in [3.8, 4) is 0 Å². The molecule has 26 heavy (non-hydrogen) atoms. The van der Waals surface area contributed by atoms with E-state index in [1.54, 1.807) is 0 Å². The number of benzene rings is 1. The summed E-state index contributed by atoms with van der Waals surface area (Å²) >= 11 is 0. The van der Waals surface area contributed by atoms with Gasteiger partial charge >= 0.3 is 23.9 Å². The molecule has 0 amide bonds. The van der Waals surface area contributed by atoms with Gasteiger partial charge in [-0.05, 0) is 23.1 Å². The first-order chi connectivity index (χ1) is 12.4. The standard InChI is InChI=1S/C17H6O8S/c18-13-9-1-5-7(16(21)24-14(5)19)3-11(9)26(23)12-4-8-6(2-10(12)13)15(20)25-17(8)22/h1-4,9H,(H,21,23)/p-1. The Balaban J connectivity index is 1.77. The fraction of sp³-hybridized carbons (Fsp3) is 0.0588. The van der Waals surface area contributed by atoms with Gasteiger partial charge in [0.15, 0.2) is 5.78 Å². The third-order valence-electron chi connectivity index (χ3n) is 4.55. The Morgan fingerprint density at radius 2 is 1.42 bits per heavy atom. The van der Waals surface area contributed by atoms with Crippen molar-refractivity contribution in [1.82, 2.24) is 0 Å². The van der Waals surface area contributed by atoms with E-state index in [1.165, 1.54) is 24.3 Å². The molecule has 2 unspecified atom stereocenters. The molecule has 4 aliphatic rings. The van der Waals surface area contributed by atoms with Crippen LogP contribution in [0.2, 0.25) is 0 Å². The minimum Gasteiger partial charge on any atom is -0.799 e. The summed E-state index contributed by atoms with van der Waals surface area (Å²) in [6.07, 6.45) is 2.47. The summed E-state index contributed by atoms with van der Waals surface area (Å²) in [5, 5.41) is 0. The molecule has 1 aromatic rings. The highest BCUT2D eigenvalue weighted by Crippen LogP contribution is 2.43. The van der Waals surface area contributed by atoms with Gasteiger partial charge in [0.05, 0.1) is 28.2 Å². The summed E-state index contributed by atoms with van der Waals surface area (Å²) in [6.45, 7) is 0. The van der Waals surface area contributed by atoms with Crippen LogP contribution in [0.1, 0.15) is 31.1 Å². The number of Topliss-reactive ketones (excluding diaryl/α,β-unsaturated/α-hetero) is 1. The summed E-state index contributed by atoms with van der Waals surface area (Å²) in [5.41, 5.74) is -0.231. The second kappa shape index (κ2) is 4.71. The molecule has 1 fully saturated rings. The van der Waals surface area contributed by atoms with Gasteiger partial charge in [0.1, 0.15) is 0 Å². The highest BCUT2D eigenvalue weighted by atomic mass is 32.2. The third kappa shape index (κ3) is 1.73. The summed E-state index contributed by atoms with van der Waals surface area (Å²) in [5.74, 6) is -5.02. The molecule has 9 heteroatoms. The van der Waals surface area contributed by atoms with Gasteiger partial charge in [0.25, 0.3) is 0 Å². The molecule has 0 saturated carbocycles. The van der Waals surface area contributed by atoms with Crippen LogP contribution >= 0.6 is 10.8 Å². The van der Waals surface area contributed by atoms with E-state index in [0.717, 1.165) is 0 Å². The molecule has 5 rings (SSSR count). The molecule has 8 nitrogen and oxygen atoms in total. The van der Waals surface area contributed by atoms with Gasteiger partial charge in [-0.2, -0.15) is 0 Å². The highest BCUT2D eigenvalue weighted by molar-refractivity contribution is 8.11. The minimum absolute atomic E-state index is 0.00822. The van der Waals surface area contributed by atoms with Crippen molar-refractivity contribution in [2.45, 2.75) is 4.90 Å². The van der Waals surface area contributed by atoms with Gasteiger partial charge in [0.2, 0.25) is 0 Å². The van der Waals surface area contributed by atoms with Gasteiger partial charge in [-0.15, -0.1) is 0 Å². The van der Waals surface area contributed by atoms with Crippen LogP contribution < -0.4 is 0 Å². The van der Waals surface area contributed by atoms with Crippen molar-refractivity contribution < 1.29 is 38.0 Å². The summed E-state index contributed by atoms with van der Waals surface area (Å²) in [6, 6.07) is 2.38. The predicted octanol–water partition coefficient (Wildman–Crippen LogP) is 0.690. The maximum Gasteiger partial charge on any atom is 0.346 e. The van der Waals surface area contributed by atoms with Gasteiger partial charge in [-0.1, -0.05) is 6.08 Å². The van der Waals surface area contributed by atoms with Gasteiger partial charge in [0, 0.05) is 10.5 Å². The molecule has 0 bridgehead atoms. The SMILES string of the molecule is O=C1OC(=O)C2=CC3C(=O)c4cc5c(cc4S([O-])=C3C=C12)C(=O)OC5=O. The second-order valence-electron chi connectivity index (χ2n) is 5.90. The molecule has 0 aromatic heterocycles. The van der Waals surface area contributed by atoms with E-state index in [4.69, 9.17) is 0 Å². The van der Waals surface area contributed by atoms with E-state index in [2.05, 4.69) is 9.47 Å². The Morgan fingerprint density at radius 1 is 0.808 bits per heavy atom. The second-order valence-corrected chi connectivity index (χ2v) is 7.35. The topological polar surface area (TPSA) is 127 Å². The van der Waals surface area contributed by atoms with Crippen LogP contribution in [0, 0.1) is 5.92 Å². The summed E-state index contributed by atoms with van der Waals surface area (Å²) in [7, 11) is -1.87. The van der Waals surface area contributed by atoms with Gasteiger partial charge in [-0.25, -0.2) is 29.9 Å². The smallest absolute Gasteiger partial charge is 0.346 e. The van der Waals surface area contributed by atoms with E-state index in [9.17, 15) is 28.5 Å². The molecule has 1 aliphatic carbocycles. The molecule has 0 radical (unpaired) electrons. The average molecular weight is 369 g/mol. The zero-order chi connectivity index (χ0) is 18.3. The van der Waals surface area contributed by atoms with Gasteiger partial charge in [-0.3, -0.25) is 4.79 Å². The molecule has 0 spiro atoms. The van der Waals surface area contributed by atoms with E-state index in [1.807, 2.05) is 0 Å². The maximum atomic E-state index is 12.9. The van der Waals surface area contributed by atoms with Crippen LogP contribution in [0.25, 0.3) is 0 Å². The minimum atomic E-state index is -1.87. The van der Waals surface area contributed by atoms with Crippen molar-refractivity contribution in [3.05, 3.63) is 52.1 Å². The predicted molar refractivity (Wildman–Crippen MR) is 82.9 cm³/mol. The maximum absolute atomic E-state index is 12.9. The summed E-state index contributed by atoms with van der Waals surface area (Å²) in [4.78, 5) is 59.9. The molecular formula is C17H5O8S-. The monoisotopic (exact) mass is 369 g/mol. The number of ether oxygens (including phenoxy) is 2. The van der Waals surface area contributed by atoms with Crippen molar-refractivity contribution >= 4 is 45.3 Å². The van der Waals surface area contributed by atoms with E-state index in [-0.39, 0.29) is 37.6 Å². The Morgan fingerprint density at radius 3 is 2.15 bits per heavy atom. The molecular weight excluding hydrogens is 364 g/mol. The molecule has 3 aliphatic heterocycles. The van der Waals surface area contributed by atoms with Gasteiger partial charge < -0.3 is 14.0 Å². The lowest BCUT2D eigenvalue weighted by molar-refractivity contribution is -0.149. The molecule has 1 aromatic carbocycles. The number of carbonyl (C=O) groups excluding carboxylic acids is 5. The van der Waals surface area contributed by atoms with E-state index < -0.39 is 46.3 Å². The first kappa shape index (κ1) is 15.1. The Kier molecular flexibility index (Phi) is 2.74. The molecule has 1 saturated heterocycles. The highest BCUT2D eigenvalue weighted by Gasteiger charge is 2.42. The van der Waals surface area contributed by atoms with Crippen LogP contribution in [0.3, 0.4) is 0 Å². The van der Waals surface area contributed by atoms with Crippen LogP contribution in [-0.2, 0) is 19.1 Å². The van der Waals surface area contributed by atoms with Crippen molar-refractivity contribution in [2.24, 2.45) is 5.92 Å². The zero-order valence-electron chi connectivity index (χ0n) is 12.6. The molecule has 3 heterocycles. The number of ketones is 1. The Bertz CT molecular complexity index is 1130. The fourth-order valence-corrected chi connectivity index (χ4v) is 4.78. The molecule has 0 N–H and O–H groups in total. The largest absolute Gasteiger partial charge is 0.799 e. The Hall–Kier alpha value is -3.17. The van der Waals surface area contributed by atoms with Crippen LogP contribution in [0.4, 0.5) is 0 Å². The number of rotatable bonds is 0. The van der Waals surface area contributed by atoms with Crippen molar-refractivity contribution in [3.63, 3.8) is 0 Å². The van der Waals surface area contributed by atoms with E-state index in [0.29, 0.717) is 0 Å². The fourth-order valence-electron chi connectivity index (χ4n) is 3.32. The number of cyclic esters (lactones) is 4. The van der Waals surface area contributed by atoms with Crippen molar-refractivity contribution in [1.29, 1.82) is 0 Å². The van der Waals surface area contributed by atoms with Crippen molar-refractivity contribution in [2.75, 3.05) is 0 Å². The number of hydrogen-bond acceptors (Lipinski definition) is 8. The number of allylic oxidation sites excluding steroid dienone is 2. The van der Waals surface area contributed by atoms with Crippen LogP contribution in [-0.4, -0.2) is 39.1 Å². The zero-order valence-corrected chi connectivity index (χ0v) is 13.4. The average Bonchev–Trinajstić information content (AvgIpc) is 3.06. The van der Waals surface area contributed by atoms with E-state index >= 15 is 0 Å². The normalized spacial score (nSPS) is 25.7. The lowest BCUT2D eigenvalue weighted by atomic mass is 9.85. The Labute approximate surface area is 146 Å².